The van der Waals surface area contributed by atoms with Crippen molar-refractivity contribution >= 4 is 23.5 Å². The number of rotatable bonds is 4. The molecule has 86 valence electrons. The van der Waals surface area contributed by atoms with Gasteiger partial charge in [-0.25, -0.2) is 4.79 Å². The molecule has 0 radical (unpaired) electrons. The Morgan fingerprint density at radius 1 is 1.44 bits per heavy atom. The van der Waals surface area contributed by atoms with E-state index in [4.69, 9.17) is 5.11 Å². The maximum atomic E-state index is 11.2. The Hall–Kier alpha value is -2.18. The third kappa shape index (κ3) is 2.66. The largest absolute Gasteiger partial charge is 0.477 e. The van der Waals surface area contributed by atoms with Crippen LogP contribution in [-0.2, 0) is 9.59 Å². The first-order chi connectivity index (χ1) is 7.41. The van der Waals surface area contributed by atoms with E-state index >= 15 is 0 Å². The van der Waals surface area contributed by atoms with Gasteiger partial charge in [-0.15, -0.1) is 0 Å². The number of aromatic amines is 1. The van der Waals surface area contributed by atoms with Gasteiger partial charge in [0.2, 0.25) is 5.91 Å². The number of aryl methyl sites for hydroxylation is 1. The molecule has 16 heavy (non-hydrogen) atoms. The maximum absolute atomic E-state index is 11.2. The fraction of sp³-hybridized carbons (Fsp3) is 0.333. The third-order valence-electron chi connectivity index (χ3n) is 1.83. The van der Waals surface area contributed by atoms with Crippen LogP contribution in [0.25, 0.3) is 0 Å². The molecule has 1 rings (SSSR count). The van der Waals surface area contributed by atoms with Crippen LogP contribution in [-0.4, -0.2) is 33.0 Å². The number of aromatic nitrogens is 2. The fourth-order valence-electron chi connectivity index (χ4n) is 1.18. The molecule has 0 spiro atoms. The minimum atomic E-state index is -1.19. The molecule has 0 saturated heterocycles. The number of carboxylic acid groups (broad SMARTS) is 1. The van der Waals surface area contributed by atoms with Gasteiger partial charge in [0, 0.05) is 5.69 Å². The molecule has 7 nitrogen and oxygen atoms in total. The lowest BCUT2D eigenvalue weighted by Crippen LogP contribution is -2.17. The summed E-state index contributed by atoms with van der Waals surface area (Å²) in [5.74, 6) is -2.15. The van der Waals surface area contributed by atoms with Crippen molar-refractivity contribution in [2.24, 2.45) is 0 Å². The van der Waals surface area contributed by atoms with E-state index in [1.54, 1.807) is 0 Å². The highest BCUT2D eigenvalue weighted by atomic mass is 16.4. The maximum Gasteiger partial charge on any atom is 0.341 e. The van der Waals surface area contributed by atoms with Crippen molar-refractivity contribution in [3.8, 4) is 0 Å². The van der Waals surface area contributed by atoms with Crippen LogP contribution in [0.15, 0.2) is 0 Å². The summed E-state index contributed by atoms with van der Waals surface area (Å²) in [6, 6.07) is 0. The summed E-state index contributed by atoms with van der Waals surface area (Å²) >= 11 is 0. The average molecular weight is 225 g/mol. The van der Waals surface area contributed by atoms with Gasteiger partial charge in [-0.05, 0) is 13.8 Å². The number of ketones is 1. The van der Waals surface area contributed by atoms with Gasteiger partial charge in [0.15, 0.2) is 5.82 Å². The van der Waals surface area contributed by atoms with Crippen molar-refractivity contribution < 1.29 is 19.5 Å². The van der Waals surface area contributed by atoms with Crippen molar-refractivity contribution in [2.75, 3.05) is 5.32 Å². The molecule has 0 aromatic carbocycles. The molecule has 0 atom stereocenters. The number of carbonyl (C=O) groups excluding carboxylic acids is 2. The zero-order valence-electron chi connectivity index (χ0n) is 8.83. The minimum Gasteiger partial charge on any atom is -0.477 e. The van der Waals surface area contributed by atoms with Crippen LogP contribution in [0.2, 0.25) is 0 Å². The summed E-state index contributed by atoms with van der Waals surface area (Å²) < 4.78 is 0. The summed E-state index contributed by atoms with van der Waals surface area (Å²) in [6.45, 7) is 2.80. The van der Waals surface area contributed by atoms with E-state index in [0.29, 0.717) is 5.69 Å². The number of nitrogens with zero attached hydrogens (tertiary/aromatic N) is 1. The van der Waals surface area contributed by atoms with Gasteiger partial charge < -0.3 is 10.4 Å². The summed E-state index contributed by atoms with van der Waals surface area (Å²) in [6.07, 6.45) is -0.301. The lowest BCUT2D eigenvalue weighted by Gasteiger charge is -2.01. The van der Waals surface area contributed by atoms with Crippen molar-refractivity contribution in [1.82, 2.24) is 10.2 Å². The number of hydrogen-bond donors (Lipinski definition) is 3. The minimum absolute atomic E-state index is 0.0729. The lowest BCUT2D eigenvalue weighted by molar-refractivity contribution is -0.124. The molecule has 7 heteroatoms. The Morgan fingerprint density at radius 3 is 2.56 bits per heavy atom. The third-order valence-corrected chi connectivity index (χ3v) is 1.83. The van der Waals surface area contributed by atoms with E-state index in [1.807, 2.05) is 0 Å². The summed E-state index contributed by atoms with van der Waals surface area (Å²) in [7, 11) is 0. The van der Waals surface area contributed by atoms with Crippen LogP contribution >= 0.6 is 0 Å². The molecule has 1 aromatic heterocycles. The number of H-pyrrole nitrogens is 1. The Balaban J connectivity index is 2.85. The first-order valence-corrected chi connectivity index (χ1v) is 4.49. The quantitative estimate of drug-likeness (QED) is 0.639. The van der Waals surface area contributed by atoms with Crippen molar-refractivity contribution in [1.29, 1.82) is 0 Å². The second-order valence-corrected chi connectivity index (χ2v) is 3.30. The number of carbonyl (C=O) groups is 3. The number of carboxylic acids is 1. The van der Waals surface area contributed by atoms with Crippen molar-refractivity contribution in [2.45, 2.75) is 20.3 Å². The zero-order chi connectivity index (χ0) is 12.3. The van der Waals surface area contributed by atoms with E-state index in [9.17, 15) is 14.4 Å². The number of Topliss-reactive ketones (excluding diaryl/α,β-unsaturated/α-hetero) is 1. The molecule has 0 aliphatic rings. The number of aromatic carboxylic acids is 1. The monoisotopic (exact) mass is 225 g/mol. The molecule has 0 aliphatic carbocycles. The highest BCUT2D eigenvalue weighted by molar-refractivity contribution is 6.06. The smallest absolute Gasteiger partial charge is 0.341 e. The Kier molecular flexibility index (Phi) is 3.39. The Bertz CT molecular complexity index is 450. The van der Waals surface area contributed by atoms with Gasteiger partial charge in [-0.3, -0.25) is 14.7 Å². The number of amides is 1. The van der Waals surface area contributed by atoms with Crippen LogP contribution in [0.3, 0.4) is 0 Å². The zero-order valence-corrected chi connectivity index (χ0v) is 8.83. The van der Waals surface area contributed by atoms with Gasteiger partial charge in [-0.1, -0.05) is 0 Å². The first-order valence-electron chi connectivity index (χ1n) is 4.49. The molecule has 1 amide bonds. The topological polar surface area (TPSA) is 112 Å². The molecule has 1 aromatic rings. The van der Waals surface area contributed by atoms with Crippen LogP contribution in [0.1, 0.15) is 29.4 Å². The van der Waals surface area contributed by atoms with Crippen LogP contribution < -0.4 is 5.32 Å². The Labute approximate surface area is 90.8 Å². The second-order valence-electron chi connectivity index (χ2n) is 3.30. The summed E-state index contributed by atoms with van der Waals surface area (Å²) in [5.41, 5.74) is 0.238. The number of anilines is 1. The fourth-order valence-corrected chi connectivity index (χ4v) is 1.18. The molecule has 0 unspecified atom stereocenters. The first kappa shape index (κ1) is 11.9. The standard InChI is InChI=1S/C9H11N3O4/c1-4(13)3-6(14)10-8-7(9(15)16)5(2)11-12-8/h3H2,1-2H3,(H,15,16)(H2,10,11,12,14). The van der Waals surface area contributed by atoms with Gasteiger partial charge >= 0.3 is 5.97 Å². The molecule has 1 heterocycles. The highest BCUT2D eigenvalue weighted by Crippen LogP contribution is 2.15. The molecule has 0 aliphatic heterocycles. The number of hydrogen-bond acceptors (Lipinski definition) is 4. The van der Waals surface area contributed by atoms with Crippen molar-refractivity contribution in [3.05, 3.63) is 11.3 Å². The summed E-state index contributed by atoms with van der Waals surface area (Å²) in [5, 5.41) is 17.2. The van der Waals surface area contributed by atoms with Gasteiger partial charge in [-0.2, -0.15) is 5.10 Å². The average Bonchev–Trinajstić information content (AvgIpc) is 2.45. The van der Waals surface area contributed by atoms with Crippen LogP contribution in [0, 0.1) is 6.92 Å². The van der Waals surface area contributed by atoms with Gasteiger partial charge in [0.1, 0.15) is 11.3 Å². The lowest BCUT2D eigenvalue weighted by atomic mass is 10.2. The summed E-state index contributed by atoms with van der Waals surface area (Å²) in [4.78, 5) is 32.7. The van der Waals surface area contributed by atoms with E-state index in [-0.39, 0.29) is 23.6 Å². The van der Waals surface area contributed by atoms with E-state index < -0.39 is 11.9 Å². The van der Waals surface area contributed by atoms with Crippen LogP contribution in [0.5, 0.6) is 0 Å². The van der Waals surface area contributed by atoms with E-state index in [1.165, 1.54) is 13.8 Å². The predicted molar refractivity (Wildman–Crippen MR) is 54.2 cm³/mol. The molecule has 3 N–H and O–H groups in total. The molecule has 0 saturated carbocycles. The molecule has 0 bridgehead atoms. The highest BCUT2D eigenvalue weighted by Gasteiger charge is 2.19. The SMILES string of the molecule is CC(=O)CC(=O)Nc1n[nH]c(C)c1C(=O)O. The second kappa shape index (κ2) is 4.56. The van der Waals surface area contributed by atoms with Crippen molar-refractivity contribution in [3.63, 3.8) is 0 Å². The van der Waals surface area contributed by atoms with Gasteiger partial charge in [0.25, 0.3) is 0 Å². The van der Waals surface area contributed by atoms with E-state index in [2.05, 4.69) is 15.5 Å². The van der Waals surface area contributed by atoms with Crippen LogP contribution in [0.4, 0.5) is 5.82 Å². The number of nitrogens with one attached hydrogen (secondary N) is 2. The van der Waals surface area contributed by atoms with E-state index in [0.717, 1.165) is 0 Å². The molecule has 0 fully saturated rings. The normalized spacial score (nSPS) is 9.88. The molecular formula is C9H11N3O4. The van der Waals surface area contributed by atoms with Gasteiger partial charge in [0.05, 0.1) is 6.42 Å². The Morgan fingerprint density at radius 2 is 2.06 bits per heavy atom. The predicted octanol–water partition coefficient (Wildman–Crippen LogP) is 0.334. The molecular weight excluding hydrogens is 214 g/mol.